The SMILES string of the molecule is Cn1cc(C(N)C(=O)Nc2cccc3c2CCCC3)cn1. The number of aryl methyl sites for hydroxylation is 2. The van der Waals surface area contributed by atoms with Crippen LogP contribution >= 0.6 is 0 Å². The van der Waals surface area contributed by atoms with E-state index in [2.05, 4.69) is 16.5 Å². The Balaban J connectivity index is 1.79. The minimum atomic E-state index is -0.696. The maximum absolute atomic E-state index is 12.3. The molecule has 1 aromatic carbocycles. The lowest BCUT2D eigenvalue weighted by atomic mass is 9.90. The predicted molar refractivity (Wildman–Crippen MR) is 81.9 cm³/mol. The minimum absolute atomic E-state index is 0.193. The van der Waals surface area contributed by atoms with Gasteiger partial charge >= 0.3 is 0 Å². The van der Waals surface area contributed by atoms with Crippen molar-refractivity contribution in [2.75, 3.05) is 5.32 Å². The lowest BCUT2D eigenvalue weighted by Crippen LogP contribution is -2.28. The summed E-state index contributed by atoms with van der Waals surface area (Å²) < 4.78 is 1.65. The Morgan fingerprint density at radius 1 is 1.38 bits per heavy atom. The molecule has 1 heterocycles. The Morgan fingerprint density at radius 2 is 2.19 bits per heavy atom. The van der Waals surface area contributed by atoms with Crippen LogP contribution < -0.4 is 11.1 Å². The summed E-state index contributed by atoms with van der Waals surface area (Å²) in [5, 5.41) is 7.03. The van der Waals surface area contributed by atoms with E-state index in [1.54, 1.807) is 17.1 Å². The highest BCUT2D eigenvalue weighted by molar-refractivity contribution is 5.96. The molecular formula is C16H20N4O. The summed E-state index contributed by atoms with van der Waals surface area (Å²) in [6.07, 6.45) is 7.91. The van der Waals surface area contributed by atoms with E-state index in [1.807, 2.05) is 19.2 Å². The molecule has 3 rings (SSSR count). The van der Waals surface area contributed by atoms with Crippen molar-refractivity contribution in [3.05, 3.63) is 47.3 Å². The predicted octanol–water partition coefficient (Wildman–Crippen LogP) is 1.94. The lowest BCUT2D eigenvalue weighted by Gasteiger charge is -2.20. The van der Waals surface area contributed by atoms with Gasteiger partial charge in [-0.05, 0) is 42.9 Å². The van der Waals surface area contributed by atoms with Crippen LogP contribution in [-0.2, 0) is 24.7 Å². The molecule has 5 nitrogen and oxygen atoms in total. The van der Waals surface area contributed by atoms with Gasteiger partial charge in [-0.15, -0.1) is 0 Å². The van der Waals surface area contributed by atoms with Crippen LogP contribution in [0.2, 0.25) is 0 Å². The number of carbonyl (C=O) groups excluding carboxylic acids is 1. The Kier molecular flexibility index (Phi) is 3.75. The molecule has 1 atom stereocenters. The fourth-order valence-corrected chi connectivity index (χ4v) is 2.86. The highest BCUT2D eigenvalue weighted by atomic mass is 16.2. The molecule has 1 aliphatic rings. The average molecular weight is 284 g/mol. The molecule has 3 N–H and O–H groups in total. The van der Waals surface area contributed by atoms with Crippen molar-refractivity contribution < 1.29 is 4.79 Å². The first kappa shape index (κ1) is 13.8. The van der Waals surface area contributed by atoms with Gasteiger partial charge in [-0.25, -0.2) is 0 Å². The molecule has 0 spiro atoms. The third-order valence-corrected chi connectivity index (χ3v) is 4.02. The van der Waals surface area contributed by atoms with Gasteiger partial charge in [-0.3, -0.25) is 9.48 Å². The molecule has 110 valence electrons. The van der Waals surface area contributed by atoms with E-state index >= 15 is 0 Å². The quantitative estimate of drug-likeness (QED) is 0.904. The molecule has 0 bridgehead atoms. The Bertz CT molecular complexity index is 662. The van der Waals surface area contributed by atoms with Crippen LogP contribution in [-0.4, -0.2) is 15.7 Å². The van der Waals surface area contributed by atoms with Crippen LogP contribution in [0.25, 0.3) is 0 Å². The number of rotatable bonds is 3. The summed E-state index contributed by atoms with van der Waals surface area (Å²) in [5.41, 5.74) is 10.2. The summed E-state index contributed by atoms with van der Waals surface area (Å²) in [5.74, 6) is -0.193. The van der Waals surface area contributed by atoms with Crippen molar-refractivity contribution in [3.8, 4) is 0 Å². The van der Waals surface area contributed by atoms with E-state index in [4.69, 9.17) is 5.73 Å². The van der Waals surface area contributed by atoms with Crippen molar-refractivity contribution in [1.82, 2.24) is 9.78 Å². The molecule has 0 fully saturated rings. The third kappa shape index (κ3) is 2.83. The van der Waals surface area contributed by atoms with Crippen LogP contribution in [0, 0.1) is 0 Å². The molecule has 2 aromatic rings. The first-order valence-electron chi connectivity index (χ1n) is 7.31. The lowest BCUT2D eigenvalue weighted by molar-refractivity contribution is -0.117. The van der Waals surface area contributed by atoms with Crippen molar-refractivity contribution in [1.29, 1.82) is 0 Å². The minimum Gasteiger partial charge on any atom is -0.324 e. The molecule has 1 aliphatic carbocycles. The van der Waals surface area contributed by atoms with Crippen LogP contribution in [0.4, 0.5) is 5.69 Å². The molecule has 0 radical (unpaired) electrons. The molecule has 1 unspecified atom stereocenters. The van der Waals surface area contributed by atoms with Crippen molar-refractivity contribution in [3.63, 3.8) is 0 Å². The Labute approximate surface area is 124 Å². The van der Waals surface area contributed by atoms with Crippen LogP contribution in [0.5, 0.6) is 0 Å². The van der Waals surface area contributed by atoms with E-state index < -0.39 is 6.04 Å². The third-order valence-electron chi connectivity index (χ3n) is 4.02. The number of fused-ring (bicyclic) bond motifs is 1. The molecule has 1 aromatic heterocycles. The van der Waals surface area contributed by atoms with Gasteiger partial charge in [0.2, 0.25) is 5.91 Å². The Morgan fingerprint density at radius 3 is 2.95 bits per heavy atom. The molecule has 0 aliphatic heterocycles. The van der Waals surface area contributed by atoms with E-state index in [-0.39, 0.29) is 5.91 Å². The Hall–Kier alpha value is -2.14. The number of carbonyl (C=O) groups is 1. The molecular weight excluding hydrogens is 264 g/mol. The standard InChI is InChI=1S/C16H20N4O/c1-20-10-12(9-18-20)15(17)16(21)19-14-8-4-6-11-5-2-3-7-13(11)14/h4,6,8-10,15H,2-3,5,7,17H2,1H3,(H,19,21). The van der Waals surface area contributed by atoms with Crippen molar-refractivity contribution in [2.24, 2.45) is 12.8 Å². The number of benzene rings is 1. The summed E-state index contributed by atoms with van der Waals surface area (Å²) in [6.45, 7) is 0. The summed E-state index contributed by atoms with van der Waals surface area (Å²) in [7, 11) is 1.81. The van der Waals surface area contributed by atoms with E-state index in [1.165, 1.54) is 24.0 Å². The highest BCUT2D eigenvalue weighted by Gasteiger charge is 2.20. The van der Waals surface area contributed by atoms with Gasteiger partial charge in [0, 0.05) is 24.5 Å². The number of nitrogens with zero attached hydrogens (tertiary/aromatic N) is 2. The molecule has 21 heavy (non-hydrogen) atoms. The van der Waals surface area contributed by atoms with Gasteiger partial charge in [0.1, 0.15) is 6.04 Å². The molecule has 0 saturated carbocycles. The molecule has 5 heteroatoms. The van der Waals surface area contributed by atoms with E-state index in [0.29, 0.717) is 0 Å². The largest absolute Gasteiger partial charge is 0.324 e. The second-order valence-electron chi connectivity index (χ2n) is 5.56. The van der Waals surface area contributed by atoms with Crippen molar-refractivity contribution in [2.45, 2.75) is 31.7 Å². The van der Waals surface area contributed by atoms with Gasteiger partial charge in [0.15, 0.2) is 0 Å². The van der Waals surface area contributed by atoms with Gasteiger partial charge in [-0.2, -0.15) is 5.10 Å². The highest BCUT2D eigenvalue weighted by Crippen LogP contribution is 2.28. The number of hydrogen-bond acceptors (Lipinski definition) is 3. The van der Waals surface area contributed by atoms with E-state index in [9.17, 15) is 4.79 Å². The second kappa shape index (κ2) is 5.69. The van der Waals surface area contributed by atoms with Gasteiger partial charge in [-0.1, -0.05) is 12.1 Å². The monoisotopic (exact) mass is 284 g/mol. The summed E-state index contributed by atoms with van der Waals surface area (Å²) in [6, 6.07) is 5.40. The average Bonchev–Trinajstić information content (AvgIpc) is 2.93. The second-order valence-corrected chi connectivity index (χ2v) is 5.56. The zero-order chi connectivity index (χ0) is 14.8. The maximum Gasteiger partial charge on any atom is 0.246 e. The topological polar surface area (TPSA) is 72.9 Å². The normalized spacial score (nSPS) is 15.3. The summed E-state index contributed by atoms with van der Waals surface area (Å²) in [4.78, 5) is 12.3. The van der Waals surface area contributed by atoms with Crippen molar-refractivity contribution >= 4 is 11.6 Å². The van der Waals surface area contributed by atoms with Gasteiger partial charge in [0.05, 0.1) is 6.20 Å². The molecule has 0 saturated heterocycles. The number of nitrogens with one attached hydrogen (secondary N) is 1. The fraction of sp³-hybridized carbons (Fsp3) is 0.375. The fourth-order valence-electron chi connectivity index (χ4n) is 2.86. The van der Waals surface area contributed by atoms with E-state index in [0.717, 1.165) is 24.1 Å². The number of nitrogens with two attached hydrogens (primary N) is 1. The number of amides is 1. The zero-order valence-electron chi connectivity index (χ0n) is 12.2. The summed E-state index contributed by atoms with van der Waals surface area (Å²) >= 11 is 0. The molecule has 1 amide bonds. The smallest absolute Gasteiger partial charge is 0.246 e. The van der Waals surface area contributed by atoms with Gasteiger partial charge < -0.3 is 11.1 Å². The number of hydrogen-bond donors (Lipinski definition) is 2. The zero-order valence-corrected chi connectivity index (χ0v) is 12.2. The first-order chi connectivity index (χ1) is 10.1. The number of aromatic nitrogens is 2. The van der Waals surface area contributed by atoms with Crippen LogP contribution in [0.15, 0.2) is 30.6 Å². The number of anilines is 1. The van der Waals surface area contributed by atoms with Crippen LogP contribution in [0.1, 0.15) is 35.6 Å². The maximum atomic E-state index is 12.3. The first-order valence-corrected chi connectivity index (χ1v) is 7.31. The van der Waals surface area contributed by atoms with Gasteiger partial charge in [0.25, 0.3) is 0 Å². The van der Waals surface area contributed by atoms with Crippen LogP contribution in [0.3, 0.4) is 0 Å².